The number of anilines is 3. The molecule has 1 heterocycles. The highest BCUT2D eigenvalue weighted by Gasteiger charge is 2.18. The van der Waals surface area contributed by atoms with Gasteiger partial charge in [0.1, 0.15) is 16.5 Å². The van der Waals surface area contributed by atoms with E-state index >= 15 is 0 Å². The van der Waals surface area contributed by atoms with Gasteiger partial charge in [0, 0.05) is 7.05 Å². The molecule has 0 saturated carbocycles. The third-order valence-electron chi connectivity index (χ3n) is 2.32. The summed E-state index contributed by atoms with van der Waals surface area (Å²) in [6.45, 7) is 0. The molecule has 0 radical (unpaired) electrons. The highest BCUT2D eigenvalue weighted by Crippen LogP contribution is 2.33. The molecule has 4 N–H and O–H groups in total. The molecular weight excluding hydrogens is 326 g/mol. The number of hydrogen-bond acceptors (Lipinski definition) is 5. The number of nitrogens with zero attached hydrogens (tertiary/aromatic N) is 1. The molecule has 0 aliphatic heterocycles. The number of thiazole rings is 1. The van der Waals surface area contributed by atoms with Gasteiger partial charge in [0.05, 0.1) is 15.7 Å². The first-order chi connectivity index (χ1) is 9.42. The van der Waals surface area contributed by atoms with E-state index in [0.29, 0.717) is 5.13 Å². The third-order valence-corrected chi connectivity index (χ3v) is 4.00. The predicted molar refractivity (Wildman–Crippen MR) is 80.4 cm³/mol. The summed E-state index contributed by atoms with van der Waals surface area (Å²) in [5, 5.41) is 5.78. The van der Waals surface area contributed by atoms with Gasteiger partial charge in [-0.2, -0.15) is 0 Å². The van der Waals surface area contributed by atoms with Crippen LogP contribution in [0, 0.1) is 5.82 Å². The minimum absolute atomic E-state index is 0.000256. The van der Waals surface area contributed by atoms with Crippen LogP contribution in [-0.2, 0) is 0 Å². The molecule has 2 rings (SSSR count). The zero-order valence-corrected chi connectivity index (χ0v) is 12.5. The van der Waals surface area contributed by atoms with Crippen molar-refractivity contribution in [3.8, 4) is 0 Å². The van der Waals surface area contributed by atoms with Crippen LogP contribution >= 0.6 is 34.5 Å². The molecule has 1 amide bonds. The zero-order valence-electron chi connectivity index (χ0n) is 10.1. The number of halogens is 3. The lowest BCUT2D eigenvalue weighted by molar-refractivity contribution is 0.103. The van der Waals surface area contributed by atoms with E-state index in [9.17, 15) is 9.18 Å². The van der Waals surface area contributed by atoms with Crippen LogP contribution in [0.1, 0.15) is 9.67 Å². The van der Waals surface area contributed by atoms with Gasteiger partial charge < -0.3 is 16.4 Å². The summed E-state index contributed by atoms with van der Waals surface area (Å²) >= 11 is 12.8. The molecule has 0 bridgehead atoms. The van der Waals surface area contributed by atoms with Gasteiger partial charge in [-0.05, 0) is 12.1 Å². The molecule has 0 fully saturated rings. The Bertz CT molecular complexity index is 653. The molecule has 20 heavy (non-hydrogen) atoms. The average Bonchev–Trinajstić information content (AvgIpc) is 2.75. The van der Waals surface area contributed by atoms with E-state index in [-0.39, 0.29) is 26.4 Å². The lowest BCUT2D eigenvalue weighted by atomic mass is 10.3. The molecule has 5 nitrogen and oxygen atoms in total. The second-order valence-electron chi connectivity index (χ2n) is 3.68. The van der Waals surface area contributed by atoms with Gasteiger partial charge in [-0.3, -0.25) is 4.79 Å². The number of benzene rings is 1. The van der Waals surface area contributed by atoms with Gasteiger partial charge in [0.25, 0.3) is 5.91 Å². The Balaban J connectivity index is 2.30. The number of nitrogens with two attached hydrogens (primary N) is 1. The van der Waals surface area contributed by atoms with Gasteiger partial charge in [-0.25, -0.2) is 9.37 Å². The fraction of sp³-hybridized carbons (Fsp3) is 0.0909. The lowest BCUT2D eigenvalue weighted by Crippen LogP contribution is -2.13. The van der Waals surface area contributed by atoms with Crippen molar-refractivity contribution >= 4 is 57.1 Å². The number of hydrogen-bond donors (Lipinski definition) is 3. The maximum Gasteiger partial charge on any atom is 0.269 e. The van der Waals surface area contributed by atoms with E-state index in [1.165, 1.54) is 0 Å². The van der Waals surface area contributed by atoms with E-state index < -0.39 is 11.7 Å². The maximum atomic E-state index is 13.1. The number of rotatable bonds is 3. The molecule has 0 atom stereocenters. The van der Waals surface area contributed by atoms with Crippen molar-refractivity contribution in [3.05, 3.63) is 32.9 Å². The minimum Gasteiger partial charge on any atom is -0.382 e. The number of amides is 1. The van der Waals surface area contributed by atoms with Crippen LogP contribution in [0.15, 0.2) is 12.1 Å². The summed E-state index contributed by atoms with van der Waals surface area (Å²) in [4.78, 5) is 16.3. The number of nitrogen functional groups attached to an aromatic ring is 1. The van der Waals surface area contributed by atoms with E-state index in [1.54, 1.807) is 7.05 Å². The van der Waals surface area contributed by atoms with Crippen LogP contribution in [-0.4, -0.2) is 17.9 Å². The molecule has 0 unspecified atom stereocenters. The first-order valence-corrected chi connectivity index (χ1v) is 6.89. The Labute approximate surface area is 127 Å². The summed E-state index contributed by atoms with van der Waals surface area (Å²) < 4.78 is 13.1. The Morgan fingerprint density at radius 1 is 1.40 bits per heavy atom. The summed E-state index contributed by atoms with van der Waals surface area (Å²) in [5.74, 6) is -1.02. The smallest absolute Gasteiger partial charge is 0.269 e. The standard InChI is InChI=1S/C11H9Cl2FN4OS/c1-16-11-18-9(15)8(20-11)10(19)17-7-5(12)2-4(14)3-6(7)13/h2-3H,15H2,1H3,(H,16,18)(H,17,19). The molecule has 0 aliphatic carbocycles. The number of aromatic nitrogens is 1. The van der Waals surface area contributed by atoms with Crippen LogP contribution in [0.3, 0.4) is 0 Å². The fourth-order valence-corrected chi connectivity index (χ4v) is 2.72. The highest BCUT2D eigenvalue weighted by atomic mass is 35.5. The second kappa shape index (κ2) is 5.82. The highest BCUT2D eigenvalue weighted by molar-refractivity contribution is 7.18. The average molecular weight is 335 g/mol. The number of nitrogens with one attached hydrogen (secondary N) is 2. The largest absolute Gasteiger partial charge is 0.382 e. The molecule has 0 aliphatic rings. The Kier molecular flexibility index (Phi) is 4.32. The molecule has 2 aromatic rings. The summed E-state index contributed by atoms with van der Waals surface area (Å²) in [7, 11) is 1.66. The topological polar surface area (TPSA) is 80.0 Å². The summed E-state index contributed by atoms with van der Waals surface area (Å²) in [5.41, 5.74) is 5.77. The van der Waals surface area contributed by atoms with E-state index in [2.05, 4.69) is 15.6 Å². The summed E-state index contributed by atoms with van der Waals surface area (Å²) in [6, 6.07) is 2.11. The Hall–Kier alpha value is -1.57. The van der Waals surface area contributed by atoms with Gasteiger partial charge in [0.15, 0.2) is 5.13 Å². The monoisotopic (exact) mass is 334 g/mol. The van der Waals surface area contributed by atoms with Crippen molar-refractivity contribution in [2.75, 3.05) is 23.4 Å². The van der Waals surface area contributed by atoms with Crippen molar-refractivity contribution in [2.45, 2.75) is 0 Å². The van der Waals surface area contributed by atoms with Crippen molar-refractivity contribution in [1.82, 2.24) is 4.98 Å². The molecular formula is C11H9Cl2FN4OS. The molecule has 1 aromatic carbocycles. The minimum atomic E-state index is -0.590. The second-order valence-corrected chi connectivity index (χ2v) is 5.50. The third kappa shape index (κ3) is 2.95. The Morgan fingerprint density at radius 3 is 2.50 bits per heavy atom. The summed E-state index contributed by atoms with van der Waals surface area (Å²) in [6.07, 6.45) is 0. The van der Waals surface area contributed by atoms with Gasteiger partial charge in [-0.15, -0.1) is 0 Å². The lowest BCUT2D eigenvalue weighted by Gasteiger charge is -2.08. The van der Waals surface area contributed by atoms with Crippen molar-refractivity contribution in [3.63, 3.8) is 0 Å². The molecule has 0 spiro atoms. The molecule has 0 saturated heterocycles. The van der Waals surface area contributed by atoms with Gasteiger partial charge in [-0.1, -0.05) is 34.5 Å². The van der Waals surface area contributed by atoms with Crippen molar-refractivity contribution in [1.29, 1.82) is 0 Å². The van der Waals surface area contributed by atoms with Crippen molar-refractivity contribution in [2.24, 2.45) is 0 Å². The SMILES string of the molecule is CNc1nc(N)c(C(=O)Nc2c(Cl)cc(F)cc2Cl)s1. The van der Waals surface area contributed by atoms with Gasteiger partial charge in [0.2, 0.25) is 0 Å². The van der Waals surface area contributed by atoms with Crippen LogP contribution in [0.25, 0.3) is 0 Å². The maximum absolute atomic E-state index is 13.1. The quantitative estimate of drug-likeness (QED) is 0.802. The fourth-order valence-electron chi connectivity index (χ4n) is 1.43. The van der Waals surface area contributed by atoms with Crippen LogP contribution in [0.2, 0.25) is 10.0 Å². The number of carbonyl (C=O) groups is 1. The zero-order chi connectivity index (χ0) is 14.9. The molecule has 9 heteroatoms. The first-order valence-electron chi connectivity index (χ1n) is 5.32. The van der Waals surface area contributed by atoms with Crippen LogP contribution in [0.5, 0.6) is 0 Å². The molecule has 1 aromatic heterocycles. The molecule has 106 valence electrons. The van der Waals surface area contributed by atoms with Crippen LogP contribution < -0.4 is 16.4 Å². The van der Waals surface area contributed by atoms with E-state index in [4.69, 9.17) is 28.9 Å². The van der Waals surface area contributed by atoms with Crippen LogP contribution in [0.4, 0.5) is 21.0 Å². The van der Waals surface area contributed by atoms with E-state index in [1.807, 2.05) is 0 Å². The Morgan fingerprint density at radius 2 is 2.00 bits per heavy atom. The normalized spacial score (nSPS) is 10.4. The predicted octanol–water partition coefficient (Wildman–Crippen LogP) is 3.47. The van der Waals surface area contributed by atoms with Crippen molar-refractivity contribution < 1.29 is 9.18 Å². The van der Waals surface area contributed by atoms with Gasteiger partial charge >= 0.3 is 0 Å². The number of carbonyl (C=O) groups excluding carboxylic acids is 1. The van der Waals surface area contributed by atoms with E-state index in [0.717, 1.165) is 23.5 Å². The first kappa shape index (κ1) is 14.8.